The molecule has 17 heavy (non-hydrogen) atoms. The minimum atomic E-state index is -0.342. The largest absolute Gasteiger partial charge is 0.383 e. The van der Waals surface area contributed by atoms with Gasteiger partial charge in [-0.15, -0.1) is 0 Å². The Labute approximate surface area is 104 Å². The third-order valence-electron chi connectivity index (χ3n) is 3.03. The van der Waals surface area contributed by atoms with Gasteiger partial charge in [0.15, 0.2) is 0 Å². The highest BCUT2D eigenvalue weighted by Crippen LogP contribution is 2.17. The predicted octanol–water partition coefficient (Wildman–Crippen LogP) is -0.320. The summed E-state index contributed by atoms with van der Waals surface area (Å²) in [6, 6.07) is 0. The number of carbonyl (C=O) groups excluding carboxylic acids is 1. The van der Waals surface area contributed by atoms with Crippen LogP contribution in [0.5, 0.6) is 0 Å². The molecular formula is C12H25N3O2. The monoisotopic (exact) mass is 243 g/mol. The fourth-order valence-corrected chi connectivity index (χ4v) is 2.01. The van der Waals surface area contributed by atoms with Crippen molar-refractivity contribution >= 4 is 5.91 Å². The number of hydrogen-bond acceptors (Lipinski definition) is 4. The zero-order chi connectivity index (χ0) is 12.7. The standard InChI is InChI=1S/C12H25N3O2/c1-12(2,11(16)14-6-9-17-3)10-15-7-4-13-5-8-15/h13H,4-10H2,1-3H3,(H,14,16). The second kappa shape index (κ2) is 6.93. The van der Waals surface area contributed by atoms with Gasteiger partial charge in [-0.05, 0) is 13.8 Å². The number of methoxy groups -OCH3 is 1. The smallest absolute Gasteiger partial charge is 0.227 e. The number of carbonyl (C=O) groups is 1. The molecule has 5 heteroatoms. The van der Waals surface area contributed by atoms with Gasteiger partial charge >= 0.3 is 0 Å². The predicted molar refractivity (Wildman–Crippen MR) is 68.0 cm³/mol. The second-order valence-corrected chi connectivity index (χ2v) is 5.16. The summed E-state index contributed by atoms with van der Waals surface area (Å²) in [6.07, 6.45) is 0. The SMILES string of the molecule is COCCNC(=O)C(C)(C)CN1CCNCC1. The second-order valence-electron chi connectivity index (χ2n) is 5.16. The fourth-order valence-electron chi connectivity index (χ4n) is 2.01. The van der Waals surface area contributed by atoms with Crippen LogP contribution >= 0.6 is 0 Å². The Kier molecular flexibility index (Phi) is 5.88. The summed E-state index contributed by atoms with van der Waals surface area (Å²) in [7, 11) is 1.64. The molecule has 2 N–H and O–H groups in total. The normalized spacial score (nSPS) is 18.1. The molecule has 1 rings (SSSR count). The molecule has 1 fully saturated rings. The Morgan fingerprint density at radius 1 is 1.41 bits per heavy atom. The van der Waals surface area contributed by atoms with E-state index >= 15 is 0 Å². The van der Waals surface area contributed by atoms with Crippen molar-refractivity contribution in [3.8, 4) is 0 Å². The van der Waals surface area contributed by atoms with Crippen molar-refractivity contribution < 1.29 is 9.53 Å². The highest BCUT2D eigenvalue weighted by Gasteiger charge is 2.30. The third-order valence-corrected chi connectivity index (χ3v) is 3.03. The van der Waals surface area contributed by atoms with Crippen molar-refractivity contribution in [2.45, 2.75) is 13.8 Å². The molecule has 0 spiro atoms. The molecule has 0 atom stereocenters. The van der Waals surface area contributed by atoms with E-state index in [2.05, 4.69) is 15.5 Å². The number of rotatable bonds is 6. The van der Waals surface area contributed by atoms with Gasteiger partial charge in [0.25, 0.3) is 0 Å². The molecule has 0 aromatic heterocycles. The summed E-state index contributed by atoms with van der Waals surface area (Å²) >= 11 is 0. The molecule has 100 valence electrons. The van der Waals surface area contributed by atoms with Crippen molar-refractivity contribution in [1.82, 2.24) is 15.5 Å². The first-order valence-electron chi connectivity index (χ1n) is 6.26. The molecule has 1 saturated heterocycles. The van der Waals surface area contributed by atoms with E-state index in [0.717, 1.165) is 32.7 Å². The first kappa shape index (κ1) is 14.4. The highest BCUT2D eigenvalue weighted by atomic mass is 16.5. The first-order valence-corrected chi connectivity index (χ1v) is 6.26. The highest BCUT2D eigenvalue weighted by molar-refractivity contribution is 5.82. The molecule has 0 radical (unpaired) electrons. The summed E-state index contributed by atoms with van der Waals surface area (Å²) in [5.41, 5.74) is -0.342. The third kappa shape index (κ3) is 5.02. The van der Waals surface area contributed by atoms with E-state index in [0.29, 0.717) is 13.2 Å². The molecule has 0 bridgehead atoms. The van der Waals surface area contributed by atoms with Crippen LogP contribution in [-0.4, -0.2) is 63.8 Å². The van der Waals surface area contributed by atoms with Gasteiger partial charge in [0.1, 0.15) is 0 Å². The van der Waals surface area contributed by atoms with Crippen molar-refractivity contribution in [3.63, 3.8) is 0 Å². The van der Waals surface area contributed by atoms with Gasteiger partial charge in [-0.1, -0.05) is 0 Å². The lowest BCUT2D eigenvalue weighted by Gasteiger charge is -2.34. The van der Waals surface area contributed by atoms with Crippen LogP contribution in [0.1, 0.15) is 13.8 Å². The number of hydrogen-bond donors (Lipinski definition) is 2. The number of nitrogens with one attached hydrogen (secondary N) is 2. The molecule has 1 aliphatic heterocycles. The summed E-state index contributed by atoms with van der Waals surface area (Å²) in [6.45, 7) is 10.0. The van der Waals surface area contributed by atoms with Gasteiger partial charge < -0.3 is 15.4 Å². The Morgan fingerprint density at radius 3 is 2.65 bits per heavy atom. The number of ether oxygens (including phenoxy) is 1. The van der Waals surface area contributed by atoms with E-state index in [4.69, 9.17) is 4.74 Å². The van der Waals surface area contributed by atoms with E-state index in [1.165, 1.54) is 0 Å². The summed E-state index contributed by atoms with van der Waals surface area (Å²) in [5, 5.41) is 6.22. The number of nitrogens with zero attached hydrogens (tertiary/aromatic N) is 1. The van der Waals surface area contributed by atoms with Crippen LogP contribution in [0.4, 0.5) is 0 Å². The van der Waals surface area contributed by atoms with Crippen LogP contribution in [0.25, 0.3) is 0 Å². The van der Waals surface area contributed by atoms with Crippen molar-refractivity contribution in [2.75, 3.05) is 53.0 Å². The lowest BCUT2D eigenvalue weighted by molar-refractivity contribution is -0.130. The van der Waals surface area contributed by atoms with Gasteiger partial charge in [0, 0.05) is 46.4 Å². The number of amides is 1. The maximum absolute atomic E-state index is 12.0. The molecule has 1 aliphatic rings. The van der Waals surface area contributed by atoms with Crippen molar-refractivity contribution in [3.05, 3.63) is 0 Å². The molecule has 0 aromatic carbocycles. The molecule has 0 aliphatic carbocycles. The summed E-state index contributed by atoms with van der Waals surface area (Å²) in [4.78, 5) is 14.3. The van der Waals surface area contributed by atoms with E-state index in [9.17, 15) is 4.79 Å². The maximum Gasteiger partial charge on any atom is 0.227 e. The molecular weight excluding hydrogens is 218 g/mol. The van der Waals surface area contributed by atoms with Crippen LogP contribution in [-0.2, 0) is 9.53 Å². The van der Waals surface area contributed by atoms with Crippen molar-refractivity contribution in [2.24, 2.45) is 5.41 Å². The first-order chi connectivity index (χ1) is 8.06. The zero-order valence-electron chi connectivity index (χ0n) is 11.2. The van der Waals surface area contributed by atoms with Crippen LogP contribution in [0.15, 0.2) is 0 Å². The summed E-state index contributed by atoms with van der Waals surface area (Å²) < 4.78 is 4.92. The van der Waals surface area contributed by atoms with Crippen LogP contribution in [0, 0.1) is 5.41 Å². The van der Waals surface area contributed by atoms with Crippen LogP contribution in [0.3, 0.4) is 0 Å². The van der Waals surface area contributed by atoms with Crippen LogP contribution in [0.2, 0.25) is 0 Å². The maximum atomic E-state index is 12.0. The molecule has 5 nitrogen and oxygen atoms in total. The Hall–Kier alpha value is -0.650. The Balaban J connectivity index is 2.34. The topological polar surface area (TPSA) is 53.6 Å². The molecule has 1 heterocycles. The summed E-state index contributed by atoms with van der Waals surface area (Å²) in [5.74, 6) is 0.105. The molecule has 1 amide bonds. The fraction of sp³-hybridized carbons (Fsp3) is 0.917. The van der Waals surface area contributed by atoms with E-state index < -0.39 is 0 Å². The average Bonchev–Trinajstić information content (AvgIpc) is 2.30. The molecule has 0 unspecified atom stereocenters. The quantitative estimate of drug-likeness (QED) is 0.628. The average molecular weight is 243 g/mol. The van der Waals surface area contributed by atoms with Gasteiger partial charge in [0.05, 0.1) is 12.0 Å². The van der Waals surface area contributed by atoms with E-state index in [1.54, 1.807) is 7.11 Å². The van der Waals surface area contributed by atoms with Crippen molar-refractivity contribution in [1.29, 1.82) is 0 Å². The van der Waals surface area contributed by atoms with Crippen LogP contribution < -0.4 is 10.6 Å². The van der Waals surface area contributed by atoms with Gasteiger partial charge in [-0.25, -0.2) is 0 Å². The van der Waals surface area contributed by atoms with Gasteiger partial charge in [-0.3, -0.25) is 9.69 Å². The Morgan fingerprint density at radius 2 is 2.06 bits per heavy atom. The Bertz CT molecular complexity index is 238. The minimum absolute atomic E-state index is 0.105. The minimum Gasteiger partial charge on any atom is -0.383 e. The lowest BCUT2D eigenvalue weighted by atomic mass is 9.91. The zero-order valence-corrected chi connectivity index (χ0v) is 11.2. The molecule has 0 aromatic rings. The number of piperazine rings is 1. The van der Waals surface area contributed by atoms with E-state index in [-0.39, 0.29) is 11.3 Å². The van der Waals surface area contributed by atoms with Gasteiger partial charge in [0.2, 0.25) is 5.91 Å². The molecule has 0 saturated carbocycles. The lowest BCUT2D eigenvalue weighted by Crippen LogP contribution is -2.51. The van der Waals surface area contributed by atoms with E-state index in [1.807, 2.05) is 13.8 Å². The van der Waals surface area contributed by atoms with Gasteiger partial charge in [-0.2, -0.15) is 0 Å².